The molecule has 1 amide bonds. The summed E-state index contributed by atoms with van der Waals surface area (Å²) in [6.45, 7) is -0.346. The van der Waals surface area contributed by atoms with Crippen molar-refractivity contribution in [3.63, 3.8) is 0 Å². The third kappa shape index (κ3) is 3.32. The molecule has 0 radical (unpaired) electrons. The molecule has 0 saturated carbocycles. The molecule has 1 aliphatic rings. The van der Waals surface area contributed by atoms with Crippen molar-refractivity contribution in [2.24, 2.45) is 5.73 Å². The molecule has 1 aliphatic carbocycles. The van der Waals surface area contributed by atoms with Gasteiger partial charge in [-0.05, 0) is 37.3 Å². The molecule has 2 N–H and O–H groups in total. The Morgan fingerprint density at radius 2 is 1.94 bits per heavy atom. The first-order valence-corrected chi connectivity index (χ1v) is 7.05. The van der Waals surface area contributed by atoms with Gasteiger partial charge in [-0.2, -0.15) is 0 Å². The zero-order valence-electron chi connectivity index (χ0n) is 10.2. The number of esters is 1. The Kier molecular flexibility index (Phi) is 4.36. The minimum atomic E-state index is -0.627. The molecule has 1 heterocycles. The number of primary amides is 1. The Hall–Kier alpha value is -1.36. The zero-order chi connectivity index (χ0) is 13.0. The number of rotatable bonds is 3. The molecule has 98 valence electrons. The van der Waals surface area contributed by atoms with E-state index in [2.05, 4.69) is 0 Å². The normalized spacial score (nSPS) is 15.3. The molecule has 1 aromatic heterocycles. The van der Waals surface area contributed by atoms with Crippen molar-refractivity contribution in [2.75, 3.05) is 6.61 Å². The van der Waals surface area contributed by atoms with E-state index in [1.54, 1.807) is 0 Å². The van der Waals surface area contributed by atoms with E-state index >= 15 is 0 Å². The first-order valence-electron chi connectivity index (χ1n) is 6.24. The van der Waals surface area contributed by atoms with Crippen LogP contribution in [0.2, 0.25) is 0 Å². The van der Waals surface area contributed by atoms with Crippen molar-refractivity contribution >= 4 is 23.2 Å². The van der Waals surface area contributed by atoms with Crippen LogP contribution in [0.25, 0.3) is 0 Å². The summed E-state index contributed by atoms with van der Waals surface area (Å²) >= 11 is 1.49. The summed E-state index contributed by atoms with van der Waals surface area (Å²) in [6, 6.07) is 1.91. The Morgan fingerprint density at radius 3 is 2.67 bits per heavy atom. The van der Waals surface area contributed by atoms with Crippen molar-refractivity contribution < 1.29 is 14.3 Å². The number of hydrogen-bond donors (Lipinski definition) is 1. The van der Waals surface area contributed by atoms with Crippen molar-refractivity contribution in [3.8, 4) is 0 Å². The predicted molar refractivity (Wildman–Crippen MR) is 69.7 cm³/mol. The van der Waals surface area contributed by atoms with Gasteiger partial charge >= 0.3 is 5.97 Å². The Balaban J connectivity index is 2.07. The molecule has 5 heteroatoms. The fourth-order valence-corrected chi connectivity index (χ4v) is 3.30. The summed E-state index contributed by atoms with van der Waals surface area (Å²) in [6.07, 6.45) is 6.97. The standard InChI is InChI=1S/C13H17NO3S/c14-12(15)8-17-13(16)11-7-9-5-3-1-2-4-6-10(9)18-11/h7H,1-6,8H2,(H2,14,15). The van der Waals surface area contributed by atoms with Gasteiger partial charge in [-0.25, -0.2) is 4.79 Å². The van der Waals surface area contributed by atoms with Gasteiger partial charge < -0.3 is 10.5 Å². The molecular weight excluding hydrogens is 250 g/mol. The average molecular weight is 267 g/mol. The summed E-state index contributed by atoms with van der Waals surface area (Å²) < 4.78 is 4.83. The van der Waals surface area contributed by atoms with Gasteiger partial charge in [-0.3, -0.25) is 4.79 Å². The third-order valence-electron chi connectivity index (χ3n) is 3.04. The van der Waals surface area contributed by atoms with E-state index in [1.165, 1.54) is 47.5 Å². The monoisotopic (exact) mass is 267 g/mol. The molecule has 0 saturated heterocycles. The predicted octanol–water partition coefficient (Wildman–Crippen LogP) is 2.05. The van der Waals surface area contributed by atoms with Crippen LogP contribution in [0.1, 0.15) is 45.8 Å². The number of fused-ring (bicyclic) bond motifs is 1. The van der Waals surface area contributed by atoms with Crippen molar-refractivity contribution in [3.05, 3.63) is 21.4 Å². The van der Waals surface area contributed by atoms with Crippen LogP contribution in [0, 0.1) is 0 Å². The summed E-state index contributed by atoms with van der Waals surface area (Å²) in [5.41, 5.74) is 6.21. The van der Waals surface area contributed by atoms with Crippen LogP contribution in [-0.4, -0.2) is 18.5 Å². The number of thiophene rings is 1. The molecule has 0 aromatic carbocycles. The molecule has 0 spiro atoms. The molecule has 18 heavy (non-hydrogen) atoms. The number of hydrogen-bond acceptors (Lipinski definition) is 4. The number of aryl methyl sites for hydroxylation is 2. The molecular formula is C13H17NO3S. The van der Waals surface area contributed by atoms with E-state index in [-0.39, 0.29) is 6.61 Å². The zero-order valence-corrected chi connectivity index (χ0v) is 11.1. The largest absolute Gasteiger partial charge is 0.451 e. The fraction of sp³-hybridized carbons (Fsp3) is 0.538. The molecule has 2 rings (SSSR count). The summed E-state index contributed by atoms with van der Waals surface area (Å²) in [5, 5.41) is 0. The van der Waals surface area contributed by atoms with Gasteiger partial charge in [0.2, 0.25) is 0 Å². The molecule has 4 nitrogen and oxygen atoms in total. The van der Waals surface area contributed by atoms with E-state index in [0.717, 1.165) is 12.8 Å². The van der Waals surface area contributed by atoms with E-state index in [4.69, 9.17) is 10.5 Å². The lowest BCUT2D eigenvalue weighted by atomic mass is 10.00. The first kappa shape index (κ1) is 13.1. The summed E-state index contributed by atoms with van der Waals surface area (Å²) in [4.78, 5) is 24.2. The highest BCUT2D eigenvalue weighted by atomic mass is 32.1. The first-order chi connectivity index (χ1) is 8.66. The minimum absolute atomic E-state index is 0.346. The maximum atomic E-state index is 11.7. The van der Waals surface area contributed by atoms with Gasteiger partial charge in [0.1, 0.15) is 4.88 Å². The average Bonchev–Trinajstić information content (AvgIpc) is 2.68. The third-order valence-corrected chi connectivity index (χ3v) is 4.26. The van der Waals surface area contributed by atoms with Crippen LogP contribution < -0.4 is 5.73 Å². The van der Waals surface area contributed by atoms with Crippen LogP contribution in [-0.2, 0) is 22.4 Å². The molecule has 1 aromatic rings. The van der Waals surface area contributed by atoms with Crippen LogP contribution in [0.5, 0.6) is 0 Å². The summed E-state index contributed by atoms with van der Waals surface area (Å²) in [7, 11) is 0. The van der Waals surface area contributed by atoms with Gasteiger partial charge in [0.15, 0.2) is 6.61 Å². The van der Waals surface area contributed by atoms with Crippen molar-refractivity contribution in [1.29, 1.82) is 0 Å². The lowest BCUT2D eigenvalue weighted by molar-refractivity contribution is -0.121. The molecule has 0 unspecified atom stereocenters. The van der Waals surface area contributed by atoms with Crippen molar-refractivity contribution in [2.45, 2.75) is 38.5 Å². The van der Waals surface area contributed by atoms with Crippen LogP contribution in [0.15, 0.2) is 6.07 Å². The minimum Gasteiger partial charge on any atom is -0.451 e. The molecule has 0 atom stereocenters. The van der Waals surface area contributed by atoms with Gasteiger partial charge in [0.25, 0.3) is 5.91 Å². The highest BCUT2D eigenvalue weighted by Gasteiger charge is 2.17. The van der Waals surface area contributed by atoms with Crippen LogP contribution in [0.3, 0.4) is 0 Å². The Bertz CT molecular complexity index is 428. The Morgan fingerprint density at radius 1 is 1.22 bits per heavy atom. The van der Waals surface area contributed by atoms with E-state index in [0.29, 0.717) is 4.88 Å². The molecule has 0 aliphatic heterocycles. The van der Waals surface area contributed by atoms with Crippen LogP contribution >= 0.6 is 11.3 Å². The fourth-order valence-electron chi connectivity index (χ4n) is 2.15. The number of carbonyl (C=O) groups is 2. The molecule has 0 bridgehead atoms. The summed E-state index contributed by atoms with van der Waals surface area (Å²) in [5.74, 6) is -1.07. The van der Waals surface area contributed by atoms with Gasteiger partial charge in [0.05, 0.1) is 0 Å². The number of carbonyl (C=O) groups excluding carboxylic acids is 2. The Labute approximate surface area is 110 Å². The SMILES string of the molecule is NC(=O)COC(=O)c1cc2c(s1)CCCCCC2. The number of nitrogens with two attached hydrogens (primary N) is 1. The molecule has 0 fully saturated rings. The smallest absolute Gasteiger partial charge is 0.348 e. The highest BCUT2D eigenvalue weighted by Crippen LogP contribution is 2.28. The second-order valence-electron chi connectivity index (χ2n) is 4.52. The maximum absolute atomic E-state index is 11.7. The van der Waals surface area contributed by atoms with E-state index in [1.807, 2.05) is 6.07 Å². The van der Waals surface area contributed by atoms with Gasteiger partial charge in [-0.15, -0.1) is 11.3 Å². The quantitative estimate of drug-likeness (QED) is 0.852. The lowest BCUT2D eigenvalue weighted by Gasteiger charge is -2.07. The topological polar surface area (TPSA) is 69.4 Å². The number of amides is 1. The van der Waals surface area contributed by atoms with Crippen LogP contribution in [0.4, 0.5) is 0 Å². The highest BCUT2D eigenvalue weighted by molar-refractivity contribution is 7.14. The van der Waals surface area contributed by atoms with E-state index in [9.17, 15) is 9.59 Å². The number of ether oxygens (including phenoxy) is 1. The van der Waals surface area contributed by atoms with Gasteiger partial charge in [-0.1, -0.05) is 12.8 Å². The van der Waals surface area contributed by atoms with Crippen molar-refractivity contribution in [1.82, 2.24) is 0 Å². The second-order valence-corrected chi connectivity index (χ2v) is 5.65. The van der Waals surface area contributed by atoms with Gasteiger partial charge in [0, 0.05) is 4.88 Å². The second kappa shape index (κ2) is 6.00. The van der Waals surface area contributed by atoms with E-state index < -0.39 is 11.9 Å². The maximum Gasteiger partial charge on any atom is 0.348 e. The lowest BCUT2D eigenvalue weighted by Crippen LogP contribution is -2.20.